The third kappa shape index (κ3) is 0.966. The predicted molar refractivity (Wildman–Crippen MR) is 42.3 cm³/mol. The quantitative estimate of drug-likeness (QED) is 0.591. The van der Waals surface area contributed by atoms with Crippen LogP contribution in [0, 0.1) is 5.92 Å². The molecule has 0 saturated carbocycles. The fourth-order valence-electron chi connectivity index (χ4n) is 1.97. The Balaban J connectivity index is 2.29. The summed E-state index contributed by atoms with van der Waals surface area (Å²) in [6.45, 7) is 4.13. The summed E-state index contributed by atoms with van der Waals surface area (Å²) < 4.78 is 10.7. The van der Waals surface area contributed by atoms with Crippen LogP contribution in [0.5, 0.6) is 0 Å². The van der Waals surface area contributed by atoms with Gasteiger partial charge in [0.2, 0.25) is 6.29 Å². The third-order valence-electron chi connectivity index (χ3n) is 2.46. The lowest BCUT2D eigenvalue weighted by molar-refractivity contribution is -0.114. The number of rotatable bonds is 1. The Morgan fingerprint density at radius 1 is 1.58 bits per heavy atom. The Morgan fingerprint density at radius 3 is 3.00 bits per heavy atom. The SMILES string of the molecule is CC(=O)C1=C(C)O[C@@H]2OCC[C@H]12. The molecular formula is C9H12O3. The normalized spacial score (nSPS) is 33.5. The molecule has 0 aromatic rings. The number of carbonyl (C=O) groups is 1. The molecule has 3 heteroatoms. The molecule has 66 valence electrons. The van der Waals surface area contributed by atoms with Crippen molar-refractivity contribution in [1.82, 2.24) is 0 Å². The fourth-order valence-corrected chi connectivity index (χ4v) is 1.97. The van der Waals surface area contributed by atoms with Gasteiger partial charge in [-0.1, -0.05) is 0 Å². The van der Waals surface area contributed by atoms with Gasteiger partial charge >= 0.3 is 0 Å². The molecule has 0 aromatic heterocycles. The molecule has 0 aromatic carbocycles. The molecule has 0 radical (unpaired) electrons. The Hall–Kier alpha value is -0.830. The van der Waals surface area contributed by atoms with Crippen molar-refractivity contribution in [1.29, 1.82) is 0 Å². The van der Waals surface area contributed by atoms with Crippen LogP contribution >= 0.6 is 0 Å². The topological polar surface area (TPSA) is 35.5 Å². The number of ether oxygens (including phenoxy) is 2. The molecule has 0 N–H and O–H groups in total. The molecule has 2 atom stereocenters. The van der Waals surface area contributed by atoms with Crippen LogP contribution in [0.1, 0.15) is 20.3 Å². The van der Waals surface area contributed by atoms with Crippen LogP contribution in [0.15, 0.2) is 11.3 Å². The molecule has 12 heavy (non-hydrogen) atoms. The maximum atomic E-state index is 11.2. The van der Waals surface area contributed by atoms with Crippen LogP contribution in [0.2, 0.25) is 0 Å². The van der Waals surface area contributed by atoms with E-state index in [1.807, 2.05) is 6.92 Å². The predicted octanol–water partition coefficient (Wildman–Crippen LogP) is 1.24. The largest absolute Gasteiger partial charge is 0.468 e. The molecular weight excluding hydrogens is 156 g/mol. The highest BCUT2D eigenvalue weighted by atomic mass is 16.7. The van der Waals surface area contributed by atoms with Crippen LogP contribution < -0.4 is 0 Å². The van der Waals surface area contributed by atoms with Gasteiger partial charge in [-0.2, -0.15) is 0 Å². The minimum atomic E-state index is -0.177. The Kier molecular flexibility index (Phi) is 1.68. The van der Waals surface area contributed by atoms with Gasteiger partial charge < -0.3 is 9.47 Å². The van der Waals surface area contributed by atoms with E-state index in [1.54, 1.807) is 6.92 Å². The molecule has 2 heterocycles. The van der Waals surface area contributed by atoms with Crippen molar-refractivity contribution >= 4 is 5.78 Å². The number of Topliss-reactive ketones (excluding diaryl/α,β-unsaturated/α-hetero) is 1. The minimum Gasteiger partial charge on any atom is -0.468 e. The number of allylic oxidation sites excluding steroid dienone is 1. The molecule has 0 aliphatic carbocycles. The number of hydrogen-bond acceptors (Lipinski definition) is 3. The van der Waals surface area contributed by atoms with Crippen molar-refractivity contribution in [3.63, 3.8) is 0 Å². The summed E-state index contributed by atoms with van der Waals surface area (Å²) in [7, 11) is 0. The fraction of sp³-hybridized carbons (Fsp3) is 0.667. The van der Waals surface area contributed by atoms with E-state index >= 15 is 0 Å². The molecule has 3 nitrogen and oxygen atoms in total. The maximum Gasteiger partial charge on any atom is 0.206 e. The van der Waals surface area contributed by atoms with Gasteiger partial charge in [0, 0.05) is 5.57 Å². The number of carbonyl (C=O) groups excluding carboxylic acids is 1. The average Bonchev–Trinajstić information content (AvgIpc) is 2.44. The minimum absolute atomic E-state index is 0.116. The zero-order chi connectivity index (χ0) is 8.72. The van der Waals surface area contributed by atoms with Crippen molar-refractivity contribution in [3.05, 3.63) is 11.3 Å². The Labute approximate surface area is 71.3 Å². The molecule has 1 saturated heterocycles. The van der Waals surface area contributed by atoms with Gasteiger partial charge in [0.25, 0.3) is 0 Å². The average molecular weight is 168 g/mol. The summed E-state index contributed by atoms with van der Waals surface area (Å²) in [5.41, 5.74) is 0.831. The molecule has 0 amide bonds. The number of hydrogen-bond donors (Lipinski definition) is 0. The molecule has 0 spiro atoms. The lowest BCUT2D eigenvalue weighted by atomic mass is 9.95. The Morgan fingerprint density at radius 2 is 2.33 bits per heavy atom. The van der Waals surface area contributed by atoms with Crippen LogP contribution in [-0.4, -0.2) is 18.7 Å². The van der Waals surface area contributed by atoms with Crippen LogP contribution in [0.4, 0.5) is 0 Å². The van der Waals surface area contributed by atoms with Gasteiger partial charge in [0.05, 0.1) is 12.5 Å². The highest BCUT2D eigenvalue weighted by Gasteiger charge is 2.41. The van der Waals surface area contributed by atoms with Crippen molar-refractivity contribution in [2.45, 2.75) is 26.6 Å². The van der Waals surface area contributed by atoms with Crippen molar-refractivity contribution in [2.24, 2.45) is 5.92 Å². The highest BCUT2D eigenvalue weighted by Crippen LogP contribution is 2.38. The van der Waals surface area contributed by atoms with Gasteiger partial charge in [0.1, 0.15) is 5.76 Å². The van der Waals surface area contributed by atoms with E-state index in [9.17, 15) is 4.79 Å². The summed E-state index contributed by atoms with van der Waals surface area (Å²) in [6, 6.07) is 0. The van der Waals surface area contributed by atoms with Crippen molar-refractivity contribution in [2.75, 3.05) is 6.61 Å². The molecule has 2 rings (SSSR count). The first-order valence-electron chi connectivity index (χ1n) is 4.20. The Bertz CT molecular complexity index is 254. The monoisotopic (exact) mass is 168 g/mol. The van der Waals surface area contributed by atoms with Gasteiger partial charge in [-0.25, -0.2) is 0 Å². The summed E-state index contributed by atoms with van der Waals surface area (Å²) in [6.07, 6.45) is 0.737. The van der Waals surface area contributed by atoms with E-state index in [-0.39, 0.29) is 18.0 Å². The second kappa shape index (κ2) is 2.59. The van der Waals surface area contributed by atoms with E-state index in [2.05, 4.69) is 0 Å². The summed E-state index contributed by atoms with van der Waals surface area (Å²) in [5, 5.41) is 0. The van der Waals surface area contributed by atoms with Crippen LogP contribution in [-0.2, 0) is 14.3 Å². The zero-order valence-electron chi connectivity index (χ0n) is 7.29. The van der Waals surface area contributed by atoms with Gasteiger partial charge in [-0.05, 0) is 20.3 Å². The van der Waals surface area contributed by atoms with Crippen molar-refractivity contribution in [3.8, 4) is 0 Å². The van der Waals surface area contributed by atoms with E-state index < -0.39 is 0 Å². The second-order valence-corrected chi connectivity index (χ2v) is 3.28. The lowest BCUT2D eigenvalue weighted by Gasteiger charge is -2.08. The van der Waals surface area contributed by atoms with Crippen molar-refractivity contribution < 1.29 is 14.3 Å². The van der Waals surface area contributed by atoms with Gasteiger partial charge in [0.15, 0.2) is 5.78 Å². The second-order valence-electron chi connectivity index (χ2n) is 3.28. The first kappa shape index (κ1) is 7.80. The molecule has 0 unspecified atom stereocenters. The molecule has 1 fully saturated rings. The van der Waals surface area contributed by atoms with Gasteiger partial charge in [-0.15, -0.1) is 0 Å². The van der Waals surface area contributed by atoms with E-state index in [4.69, 9.17) is 9.47 Å². The summed E-state index contributed by atoms with van der Waals surface area (Å²) >= 11 is 0. The number of ketones is 1. The molecule has 0 bridgehead atoms. The third-order valence-corrected chi connectivity index (χ3v) is 2.46. The van der Waals surface area contributed by atoms with E-state index in [0.29, 0.717) is 6.61 Å². The maximum absolute atomic E-state index is 11.2. The highest BCUT2D eigenvalue weighted by molar-refractivity contribution is 5.94. The standard InChI is InChI=1S/C9H12O3/c1-5(10)8-6(2)12-9-7(8)3-4-11-9/h7,9H,3-4H2,1-2H3/t7-,9+/m1/s1. The molecule has 2 aliphatic heterocycles. The first-order chi connectivity index (χ1) is 5.70. The number of fused-ring (bicyclic) bond motifs is 1. The smallest absolute Gasteiger partial charge is 0.206 e. The molecule has 2 aliphatic rings. The zero-order valence-corrected chi connectivity index (χ0v) is 7.29. The van der Waals surface area contributed by atoms with E-state index in [1.165, 1.54) is 0 Å². The summed E-state index contributed by atoms with van der Waals surface area (Å²) in [5.74, 6) is 1.06. The van der Waals surface area contributed by atoms with Crippen LogP contribution in [0.3, 0.4) is 0 Å². The van der Waals surface area contributed by atoms with E-state index in [0.717, 1.165) is 17.8 Å². The van der Waals surface area contributed by atoms with Crippen LogP contribution in [0.25, 0.3) is 0 Å². The first-order valence-corrected chi connectivity index (χ1v) is 4.20. The summed E-state index contributed by atoms with van der Waals surface area (Å²) in [4.78, 5) is 11.2. The lowest BCUT2D eigenvalue weighted by Crippen LogP contribution is -2.15. The van der Waals surface area contributed by atoms with Gasteiger partial charge in [-0.3, -0.25) is 4.79 Å².